The zero-order chi connectivity index (χ0) is 13.7. The van der Waals surface area contributed by atoms with Gasteiger partial charge in [-0.1, -0.05) is 0 Å². The van der Waals surface area contributed by atoms with Crippen molar-refractivity contribution in [3.8, 4) is 5.75 Å². The fraction of sp³-hybridized carbons (Fsp3) is 0.538. The fourth-order valence-electron chi connectivity index (χ4n) is 2.31. The number of carbonyl (C=O) groups is 1. The van der Waals surface area contributed by atoms with E-state index < -0.39 is 0 Å². The lowest BCUT2D eigenvalue weighted by molar-refractivity contribution is -0.119. The molecule has 0 bridgehead atoms. The molecule has 2 rings (SSSR count). The van der Waals surface area contributed by atoms with E-state index in [-0.39, 0.29) is 5.91 Å². The van der Waals surface area contributed by atoms with E-state index in [1.807, 2.05) is 12.1 Å². The third kappa shape index (κ3) is 3.82. The summed E-state index contributed by atoms with van der Waals surface area (Å²) in [7, 11) is 1.64. The molecule has 6 heteroatoms. The summed E-state index contributed by atoms with van der Waals surface area (Å²) in [4.78, 5) is 17.2. The predicted molar refractivity (Wildman–Crippen MR) is 73.1 cm³/mol. The molecule has 3 N–H and O–H groups in total. The van der Waals surface area contributed by atoms with Crippen LogP contribution in [-0.4, -0.2) is 48.6 Å². The van der Waals surface area contributed by atoms with E-state index in [0.29, 0.717) is 12.6 Å². The van der Waals surface area contributed by atoms with Crippen molar-refractivity contribution in [2.24, 2.45) is 5.73 Å². The maximum Gasteiger partial charge on any atom is 0.231 e. The van der Waals surface area contributed by atoms with Crippen LogP contribution >= 0.6 is 0 Å². The second-order valence-electron chi connectivity index (χ2n) is 4.72. The third-order valence-electron chi connectivity index (χ3n) is 3.30. The number of nitrogens with two attached hydrogens (primary N) is 1. The number of nitrogens with one attached hydrogen (secondary N) is 1. The second-order valence-corrected chi connectivity index (χ2v) is 4.72. The minimum Gasteiger partial charge on any atom is -0.493 e. The number of pyridine rings is 1. The Kier molecular flexibility index (Phi) is 4.57. The van der Waals surface area contributed by atoms with Crippen molar-refractivity contribution in [2.75, 3.05) is 32.1 Å². The summed E-state index contributed by atoms with van der Waals surface area (Å²) in [5.41, 5.74) is 5.20. The van der Waals surface area contributed by atoms with Crippen LogP contribution in [0.15, 0.2) is 18.3 Å². The molecule has 104 valence electrons. The molecule has 0 aromatic carbocycles. The number of anilines is 1. The monoisotopic (exact) mass is 264 g/mol. The number of carbonyl (C=O) groups excluding carboxylic acids is 1. The SMILES string of the molecule is COc1cccnc1NC1CCN(CC(N)=O)CC1. The van der Waals surface area contributed by atoms with Gasteiger partial charge >= 0.3 is 0 Å². The van der Waals surface area contributed by atoms with E-state index in [1.54, 1.807) is 13.3 Å². The van der Waals surface area contributed by atoms with E-state index >= 15 is 0 Å². The molecule has 0 unspecified atom stereocenters. The Bertz CT molecular complexity index is 430. The first-order valence-corrected chi connectivity index (χ1v) is 6.45. The summed E-state index contributed by atoms with van der Waals surface area (Å²) in [5, 5.41) is 3.40. The van der Waals surface area contributed by atoms with Crippen molar-refractivity contribution in [3.05, 3.63) is 18.3 Å². The normalized spacial score (nSPS) is 17.1. The van der Waals surface area contributed by atoms with Crippen LogP contribution in [0.1, 0.15) is 12.8 Å². The number of nitrogens with zero attached hydrogens (tertiary/aromatic N) is 2. The van der Waals surface area contributed by atoms with Crippen LogP contribution in [-0.2, 0) is 4.79 Å². The maximum absolute atomic E-state index is 10.9. The van der Waals surface area contributed by atoms with Gasteiger partial charge < -0.3 is 15.8 Å². The molecule has 0 radical (unpaired) electrons. The van der Waals surface area contributed by atoms with Crippen molar-refractivity contribution >= 4 is 11.7 Å². The summed E-state index contributed by atoms with van der Waals surface area (Å²) in [6.07, 6.45) is 3.67. The third-order valence-corrected chi connectivity index (χ3v) is 3.30. The Morgan fingerprint density at radius 2 is 2.32 bits per heavy atom. The number of hydrogen-bond donors (Lipinski definition) is 2. The topological polar surface area (TPSA) is 80.5 Å². The molecule has 1 aromatic rings. The van der Waals surface area contributed by atoms with Gasteiger partial charge in [0.2, 0.25) is 5.91 Å². The number of ether oxygens (including phenoxy) is 1. The van der Waals surface area contributed by atoms with Crippen LogP contribution in [0.3, 0.4) is 0 Å². The second kappa shape index (κ2) is 6.38. The molecule has 1 aliphatic heterocycles. The van der Waals surface area contributed by atoms with E-state index in [2.05, 4.69) is 15.2 Å². The average Bonchev–Trinajstić information content (AvgIpc) is 2.41. The van der Waals surface area contributed by atoms with Crippen molar-refractivity contribution < 1.29 is 9.53 Å². The smallest absolute Gasteiger partial charge is 0.231 e. The molecule has 2 heterocycles. The van der Waals surface area contributed by atoms with Crippen LogP contribution < -0.4 is 15.8 Å². The van der Waals surface area contributed by atoms with Crippen LogP contribution in [0, 0.1) is 0 Å². The highest BCUT2D eigenvalue weighted by Gasteiger charge is 2.21. The molecule has 6 nitrogen and oxygen atoms in total. The Morgan fingerprint density at radius 1 is 1.58 bits per heavy atom. The molecule has 0 spiro atoms. The molecule has 19 heavy (non-hydrogen) atoms. The Morgan fingerprint density at radius 3 is 2.95 bits per heavy atom. The maximum atomic E-state index is 10.9. The average molecular weight is 264 g/mol. The highest BCUT2D eigenvalue weighted by atomic mass is 16.5. The Hall–Kier alpha value is -1.82. The largest absolute Gasteiger partial charge is 0.493 e. The van der Waals surface area contributed by atoms with Gasteiger partial charge in [0.15, 0.2) is 11.6 Å². The van der Waals surface area contributed by atoms with Gasteiger partial charge in [-0.3, -0.25) is 9.69 Å². The van der Waals surface area contributed by atoms with Gasteiger partial charge in [-0.25, -0.2) is 4.98 Å². The molecule has 0 saturated carbocycles. The van der Waals surface area contributed by atoms with E-state index in [1.165, 1.54) is 0 Å². The van der Waals surface area contributed by atoms with Gasteiger partial charge in [0.05, 0.1) is 13.7 Å². The Labute approximate surface area is 112 Å². The number of aromatic nitrogens is 1. The van der Waals surface area contributed by atoms with Crippen LogP contribution in [0.2, 0.25) is 0 Å². The van der Waals surface area contributed by atoms with Gasteiger partial charge in [0.25, 0.3) is 0 Å². The van der Waals surface area contributed by atoms with Gasteiger partial charge in [-0.2, -0.15) is 0 Å². The van der Waals surface area contributed by atoms with Crippen molar-refractivity contribution in [1.82, 2.24) is 9.88 Å². The van der Waals surface area contributed by atoms with Gasteiger partial charge in [0.1, 0.15) is 0 Å². The van der Waals surface area contributed by atoms with Crippen molar-refractivity contribution in [2.45, 2.75) is 18.9 Å². The standard InChI is InChI=1S/C13H20N4O2/c1-19-11-3-2-6-15-13(11)16-10-4-7-17(8-5-10)9-12(14)18/h2-3,6,10H,4-5,7-9H2,1H3,(H2,14,18)(H,15,16). The lowest BCUT2D eigenvalue weighted by atomic mass is 10.1. The van der Waals surface area contributed by atoms with Crippen LogP contribution in [0.5, 0.6) is 5.75 Å². The highest BCUT2D eigenvalue weighted by Crippen LogP contribution is 2.23. The molecular weight excluding hydrogens is 244 g/mol. The molecule has 1 fully saturated rings. The van der Waals surface area contributed by atoms with E-state index in [4.69, 9.17) is 10.5 Å². The summed E-state index contributed by atoms with van der Waals surface area (Å²) >= 11 is 0. The summed E-state index contributed by atoms with van der Waals surface area (Å²) in [6, 6.07) is 4.09. The number of methoxy groups -OCH3 is 1. The lowest BCUT2D eigenvalue weighted by Crippen LogP contribution is -2.43. The van der Waals surface area contributed by atoms with Crippen LogP contribution in [0.4, 0.5) is 5.82 Å². The minimum atomic E-state index is -0.266. The first kappa shape index (κ1) is 13.6. The Balaban J connectivity index is 1.87. The first-order chi connectivity index (χ1) is 9.19. The summed E-state index contributed by atoms with van der Waals surface area (Å²) in [5.74, 6) is 1.26. The molecule has 1 aliphatic rings. The predicted octanol–water partition coefficient (Wildman–Crippen LogP) is 0.452. The van der Waals surface area contributed by atoms with Crippen molar-refractivity contribution in [3.63, 3.8) is 0 Å². The number of hydrogen-bond acceptors (Lipinski definition) is 5. The van der Waals surface area contributed by atoms with E-state index in [0.717, 1.165) is 37.5 Å². The zero-order valence-corrected chi connectivity index (χ0v) is 11.1. The minimum absolute atomic E-state index is 0.266. The zero-order valence-electron chi connectivity index (χ0n) is 11.1. The summed E-state index contributed by atoms with van der Waals surface area (Å²) < 4.78 is 5.26. The van der Waals surface area contributed by atoms with Crippen LogP contribution in [0.25, 0.3) is 0 Å². The molecule has 1 aromatic heterocycles. The number of piperidine rings is 1. The van der Waals surface area contributed by atoms with Gasteiger partial charge in [0, 0.05) is 25.3 Å². The van der Waals surface area contributed by atoms with Crippen molar-refractivity contribution in [1.29, 1.82) is 0 Å². The number of likely N-dealkylation sites (tertiary alicyclic amines) is 1. The molecular formula is C13H20N4O2. The number of amides is 1. The highest BCUT2D eigenvalue weighted by molar-refractivity contribution is 5.75. The number of rotatable bonds is 5. The fourth-order valence-corrected chi connectivity index (χ4v) is 2.31. The first-order valence-electron chi connectivity index (χ1n) is 6.45. The number of primary amides is 1. The molecule has 0 aliphatic carbocycles. The molecule has 1 amide bonds. The summed E-state index contributed by atoms with van der Waals surface area (Å²) in [6.45, 7) is 2.09. The molecule has 1 saturated heterocycles. The van der Waals surface area contributed by atoms with Gasteiger partial charge in [-0.15, -0.1) is 0 Å². The van der Waals surface area contributed by atoms with Gasteiger partial charge in [-0.05, 0) is 25.0 Å². The quantitative estimate of drug-likeness (QED) is 0.807. The molecule has 0 atom stereocenters. The lowest BCUT2D eigenvalue weighted by Gasteiger charge is -2.31. The van der Waals surface area contributed by atoms with E-state index in [9.17, 15) is 4.79 Å².